The fraction of sp³-hybridized carbons (Fsp3) is 0.400. The van der Waals surface area contributed by atoms with Gasteiger partial charge in [-0.25, -0.2) is 0 Å². The summed E-state index contributed by atoms with van der Waals surface area (Å²) in [4.78, 5) is 5.20. The minimum Gasteiger partial charge on any atom is -0.497 e. The number of methoxy groups -OCH3 is 1. The molecule has 0 radical (unpaired) electrons. The standard InChI is InChI=1S/C10H13NO2/c1-12-9-3-4-10-8(7-9)5-6-11(10)13-2/h3-4,7H,5-6H2,1-2H3. The largest absolute Gasteiger partial charge is 0.497 e. The molecular formula is C10H13NO2. The minimum atomic E-state index is 0.914. The van der Waals surface area contributed by atoms with E-state index in [1.54, 1.807) is 14.2 Å². The number of hydrogen-bond donors (Lipinski definition) is 0. The Hall–Kier alpha value is -1.22. The number of nitrogens with zero attached hydrogens (tertiary/aromatic N) is 1. The van der Waals surface area contributed by atoms with Gasteiger partial charge in [-0.15, -0.1) is 0 Å². The monoisotopic (exact) mass is 179 g/mol. The summed E-state index contributed by atoms with van der Waals surface area (Å²) in [5.41, 5.74) is 2.45. The summed E-state index contributed by atoms with van der Waals surface area (Å²) in [7, 11) is 3.38. The third-order valence-electron chi connectivity index (χ3n) is 2.36. The number of benzene rings is 1. The Morgan fingerprint density at radius 2 is 2.15 bits per heavy atom. The summed E-state index contributed by atoms with van der Waals surface area (Å²) in [5, 5.41) is 1.90. The van der Waals surface area contributed by atoms with Crippen molar-refractivity contribution in [3.05, 3.63) is 23.8 Å². The van der Waals surface area contributed by atoms with Gasteiger partial charge in [0, 0.05) is 6.54 Å². The van der Waals surface area contributed by atoms with E-state index < -0.39 is 0 Å². The first-order chi connectivity index (χ1) is 6.35. The third kappa shape index (κ3) is 1.35. The average molecular weight is 179 g/mol. The van der Waals surface area contributed by atoms with Crippen LogP contribution in [0.2, 0.25) is 0 Å². The molecule has 0 bridgehead atoms. The zero-order valence-corrected chi connectivity index (χ0v) is 7.91. The highest BCUT2D eigenvalue weighted by Gasteiger charge is 2.18. The number of anilines is 1. The lowest BCUT2D eigenvalue weighted by Gasteiger charge is -2.15. The molecule has 1 aromatic rings. The Morgan fingerprint density at radius 3 is 2.85 bits per heavy atom. The number of rotatable bonds is 2. The molecule has 0 atom stereocenters. The van der Waals surface area contributed by atoms with Gasteiger partial charge in [0.2, 0.25) is 0 Å². The Kier molecular flexibility index (Phi) is 2.10. The number of hydrogen-bond acceptors (Lipinski definition) is 3. The predicted octanol–water partition coefficient (Wildman–Crippen LogP) is 1.62. The Labute approximate surface area is 77.8 Å². The topological polar surface area (TPSA) is 21.7 Å². The highest BCUT2D eigenvalue weighted by molar-refractivity contribution is 5.58. The number of ether oxygens (including phenoxy) is 1. The van der Waals surface area contributed by atoms with Gasteiger partial charge in [0.1, 0.15) is 5.75 Å². The Bertz CT molecular complexity index is 312. The molecular weight excluding hydrogens is 166 g/mol. The fourth-order valence-corrected chi connectivity index (χ4v) is 1.66. The molecule has 1 aliphatic rings. The Morgan fingerprint density at radius 1 is 1.31 bits per heavy atom. The van der Waals surface area contributed by atoms with Gasteiger partial charge in [-0.3, -0.25) is 9.90 Å². The zero-order valence-electron chi connectivity index (χ0n) is 7.91. The Balaban J connectivity index is 2.34. The van der Waals surface area contributed by atoms with Gasteiger partial charge in [-0.05, 0) is 30.2 Å². The summed E-state index contributed by atoms with van der Waals surface area (Å²) in [6.07, 6.45) is 1.03. The van der Waals surface area contributed by atoms with Crippen LogP contribution in [0.4, 0.5) is 5.69 Å². The molecule has 70 valence electrons. The highest BCUT2D eigenvalue weighted by atomic mass is 16.7. The van der Waals surface area contributed by atoms with Crippen molar-refractivity contribution in [1.29, 1.82) is 0 Å². The average Bonchev–Trinajstić information content (AvgIpc) is 2.59. The van der Waals surface area contributed by atoms with Crippen LogP contribution in [-0.2, 0) is 11.3 Å². The van der Waals surface area contributed by atoms with E-state index in [4.69, 9.17) is 9.57 Å². The van der Waals surface area contributed by atoms with E-state index in [1.807, 2.05) is 17.2 Å². The minimum absolute atomic E-state index is 0.914. The van der Waals surface area contributed by atoms with E-state index in [1.165, 1.54) is 5.56 Å². The molecule has 0 aromatic heterocycles. The van der Waals surface area contributed by atoms with Crippen LogP contribution < -0.4 is 9.80 Å². The van der Waals surface area contributed by atoms with Crippen LogP contribution in [0, 0.1) is 0 Å². The molecule has 0 amide bonds. The van der Waals surface area contributed by atoms with Crippen molar-refractivity contribution >= 4 is 5.69 Å². The second-order valence-electron chi connectivity index (χ2n) is 3.03. The molecule has 0 unspecified atom stereocenters. The van der Waals surface area contributed by atoms with E-state index in [2.05, 4.69) is 6.07 Å². The van der Waals surface area contributed by atoms with Gasteiger partial charge in [0.05, 0.1) is 19.9 Å². The van der Waals surface area contributed by atoms with E-state index >= 15 is 0 Å². The second kappa shape index (κ2) is 3.26. The van der Waals surface area contributed by atoms with Gasteiger partial charge in [0.25, 0.3) is 0 Å². The zero-order chi connectivity index (χ0) is 9.26. The van der Waals surface area contributed by atoms with Crippen LogP contribution >= 0.6 is 0 Å². The molecule has 3 nitrogen and oxygen atoms in total. The van der Waals surface area contributed by atoms with E-state index in [-0.39, 0.29) is 0 Å². The molecule has 1 heterocycles. The lowest BCUT2D eigenvalue weighted by atomic mass is 10.1. The van der Waals surface area contributed by atoms with E-state index in [0.717, 1.165) is 24.4 Å². The summed E-state index contributed by atoms with van der Waals surface area (Å²) in [6.45, 7) is 0.930. The molecule has 2 rings (SSSR count). The first kappa shape index (κ1) is 8.38. The molecule has 0 N–H and O–H groups in total. The van der Waals surface area contributed by atoms with E-state index in [9.17, 15) is 0 Å². The maximum absolute atomic E-state index is 5.20. The summed E-state index contributed by atoms with van der Waals surface area (Å²) < 4.78 is 5.15. The van der Waals surface area contributed by atoms with Crippen LogP contribution in [0.15, 0.2) is 18.2 Å². The predicted molar refractivity (Wildman–Crippen MR) is 51.1 cm³/mol. The molecule has 0 spiro atoms. The molecule has 0 fully saturated rings. The van der Waals surface area contributed by atoms with Gasteiger partial charge < -0.3 is 4.74 Å². The van der Waals surface area contributed by atoms with Crippen LogP contribution in [0.25, 0.3) is 0 Å². The van der Waals surface area contributed by atoms with Crippen LogP contribution in [0.1, 0.15) is 5.56 Å². The molecule has 0 aliphatic carbocycles. The smallest absolute Gasteiger partial charge is 0.119 e. The number of fused-ring (bicyclic) bond motifs is 1. The lowest BCUT2D eigenvalue weighted by molar-refractivity contribution is 0.174. The van der Waals surface area contributed by atoms with Crippen LogP contribution in [-0.4, -0.2) is 20.8 Å². The highest BCUT2D eigenvalue weighted by Crippen LogP contribution is 2.30. The first-order valence-corrected chi connectivity index (χ1v) is 4.33. The van der Waals surface area contributed by atoms with Crippen molar-refractivity contribution < 1.29 is 9.57 Å². The molecule has 13 heavy (non-hydrogen) atoms. The first-order valence-electron chi connectivity index (χ1n) is 4.33. The number of hydroxylamine groups is 1. The molecule has 3 heteroatoms. The van der Waals surface area contributed by atoms with Gasteiger partial charge in [0.15, 0.2) is 0 Å². The summed E-state index contributed by atoms with van der Waals surface area (Å²) in [6, 6.07) is 6.05. The maximum Gasteiger partial charge on any atom is 0.119 e. The van der Waals surface area contributed by atoms with Crippen molar-refractivity contribution in [3.63, 3.8) is 0 Å². The van der Waals surface area contributed by atoms with Crippen molar-refractivity contribution in [2.45, 2.75) is 6.42 Å². The molecule has 0 saturated carbocycles. The lowest BCUT2D eigenvalue weighted by Crippen LogP contribution is -2.17. The van der Waals surface area contributed by atoms with Crippen molar-refractivity contribution in [2.24, 2.45) is 0 Å². The van der Waals surface area contributed by atoms with Crippen LogP contribution in [0.5, 0.6) is 5.75 Å². The third-order valence-corrected chi connectivity index (χ3v) is 2.36. The van der Waals surface area contributed by atoms with Crippen molar-refractivity contribution in [2.75, 3.05) is 25.8 Å². The molecule has 1 aromatic carbocycles. The fourth-order valence-electron chi connectivity index (χ4n) is 1.66. The van der Waals surface area contributed by atoms with Gasteiger partial charge >= 0.3 is 0 Å². The van der Waals surface area contributed by atoms with Crippen LogP contribution in [0.3, 0.4) is 0 Å². The molecule has 1 aliphatic heterocycles. The van der Waals surface area contributed by atoms with Crippen molar-refractivity contribution in [3.8, 4) is 5.75 Å². The van der Waals surface area contributed by atoms with Gasteiger partial charge in [-0.1, -0.05) is 0 Å². The SMILES string of the molecule is COc1ccc2c(c1)CCN2OC. The normalized spacial score (nSPS) is 14.5. The second-order valence-corrected chi connectivity index (χ2v) is 3.03. The van der Waals surface area contributed by atoms with Gasteiger partial charge in [-0.2, -0.15) is 0 Å². The quantitative estimate of drug-likeness (QED) is 0.688. The maximum atomic E-state index is 5.20. The van der Waals surface area contributed by atoms with Crippen molar-refractivity contribution in [1.82, 2.24) is 0 Å². The van der Waals surface area contributed by atoms with E-state index in [0.29, 0.717) is 0 Å². The summed E-state index contributed by atoms with van der Waals surface area (Å²) in [5.74, 6) is 0.914. The summed E-state index contributed by atoms with van der Waals surface area (Å²) >= 11 is 0. The molecule has 0 saturated heterocycles.